The second-order valence-corrected chi connectivity index (χ2v) is 9.73. The summed E-state index contributed by atoms with van der Waals surface area (Å²) in [7, 11) is -3.35. The number of nitrogens with zero attached hydrogens (tertiary/aromatic N) is 4. The minimum absolute atomic E-state index is 0.0611. The first-order valence-corrected chi connectivity index (χ1v) is 11.7. The summed E-state index contributed by atoms with van der Waals surface area (Å²) in [6.07, 6.45) is 1.94. The summed E-state index contributed by atoms with van der Waals surface area (Å²) in [5.74, 6) is 3.23. The van der Waals surface area contributed by atoms with Crippen molar-refractivity contribution in [1.29, 1.82) is 0 Å². The molecule has 9 nitrogen and oxygen atoms in total. The van der Waals surface area contributed by atoms with Crippen LogP contribution >= 0.6 is 0 Å². The van der Waals surface area contributed by atoms with E-state index in [-0.39, 0.29) is 12.7 Å². The van der Waals surface area contributed by atoms with Gasteiger partial charge in [-0.15, -0.1) is 10.2 Å². The predicted molar refractivity (Wildman–Crippen MR) is 107 cm³/mol. The maximum Gasteiger partial charge on any atom is 0.231 e. The Labute approximate surface area is 171 Å². The second-order valence-electron chi connectivity index (χ2n) is 7.95. The summed E-state index contributed by atoms with van der Waals surface area (Å²) in [5, 5.41) is 8.68. The lowest BCUT2D eigenvalue weighted by Gasteiger charge is -2.22. The fourth-order valence-corrected chi connectivity index (χ4v) is 4.63. The predicted octanol–water partition coefficient (Wildman–Crippen LogP) is 1.31. The first-order chi connectivity index (χ1) is 13.8. The largest absolute Gasteiger partial charge is 0.454 e. The lowest BCUT2D eigenvalue weighted by atomic mass is 10.1. The summed E-state index contributed by atoms with van der Waals surface area (Å²) in [5.41, 5.74) is 1.17. The van der Waals surface area contributed by atoms with E-state index in [0.717, 1.165) is 49.9 Å². The SMILES string of the molecule is CC(C)[C@H](NS(C)(=O)=O)c1nnc2n1CCN(Cc1ccc3c(c1)OCO3)CC2. The van der Waals surface area contributed by atoms with Crippen LogP contribution in [0.2, 0.25) is 0 Å². The van der Waals surface area contributed by atoms with E-state index in [0.29, 0.717) is 5.82 Å². The van der Waals surface area contributed by atoms with Gasteiger partial charge in [0.1, 0.15) is 5.82 Å². The highest BCUT2D eigenvalue weighted by Gasteiger charge is 2.28. The minimum Gasteiger partial charge on any atom is -0.454 e. The molecule has 1 aromatic carbocycles. The van der Waals surface area contributed by atoms with Crippen LogP contribution in [0.1, 0.15) is 37.1 Å². The molecule has 0 saturated carbocycles. The van der Waals surface area contributed by atoms with Crippen LogP contribution in [0.15, 0.2) is 18.2 Å². The van der Waals surface area contributed by atoms with E-state index in [4.69, 9.17) is 9.47 Å². The van der Waals surface area contributed by atoms with Gasteiger partial charge >= 0.3 is 0 Å². The normalized spacial score (nSPS) is 17.9. The molecule has 1 N–H and O–H groups in total. The van der Waals surface area contributed by atoms with Gasteiger partial charge in [-0.1, -0.05) is 19.9 Å². The van der Waals surface area contributed by atoms with Crippen LogP contribution in [0.4, 0.5) is 0 Å². The van der Waals surface area contributed by atoms with Crippen molar-refractivity contribution in [2.24, 2.45) is 5.92 Å². The van der Waals surface area contributed by atoms with Gasteiger partial charge < -0.3 is 14.0 Å². The molecule has 10 heteroatoms. The molecular formula is C19H27N5O4S. The van der Waals surface area contributed by atoms with Crippen molar-refractivity contribution in [3.05, 3.63) is 35.4 Å². The quantitative estimate of drug-likeness (QED) is 0.751. The van der Waals surface area contributed by atoms with Crippen LogP contribution in [-0.2, 0) is 29.5 Å². The van der Waals surface area contributed by atoms with Crippen molar-refractivity contribution >= 4 is 10.0 Å². The van der Waals surface area contributed by atoms with Crippen LogP contribution < -0.4 is 14.2 Å². The highest BCUT2D eigenvalue weighted by molar-refractivity contribution is 7.88. The summed E-state index contributed by atoms with van der Waals surface area (Å²) in [6, 6.07) is 5.65. The standard InChI is InChI=1S/C19H27N5O4S/c1-13(2)18(22-29(3,25)26)19-21-20-17-6-7-23(8-9-24(17)19)11-14-4-5-15-16(10-14)28-12-27-15/h4-5,10,13,18,22H,6-9,11-12H2,1-3H3/t18-/m0/s1. The van der Waals surface area contributed by atoms with Crippen LogP contribution in [0.3, 0.4) is 0 Å². The molecule has 0 saturated heterocycles. The van der Waals surface area contributed by atoms with E-state index < -0.39 is 16.1 Å². The van der Waals surface area contributed by atoms with E-state index >= 15 is 0 Å². The van der Waals surface area contributed by atoms with Gasteiger partial charge in [0.15, 0.2) is 17.3 Å². The van der Waals surface area contributed by atoms with Gasteiger partial charge in [-0.2, -0.15) is 0 Å². The maximum absolute atomic E-state index is 11.8. The van der Waals surface area contributed by atoms with Crippen LogP contribution in [0, 0.1) is 5.92 Å². The van der Waals surface area contributed by atoms with Gasteiger partial charge in [0.25, 0.3) is 0 Å². The Balaban J connectivity index is 1.48. The van der Waals surface area contributed by atoms with E-state index in [1.165, 1.54) is 11.8 Å². The number of nitrogens with one attached hydrogen (secondary N) is 1. The van der Waals surface area contributed by atoms with Crippen molar-refractivity contribution < 1.29 is 17.9 Å². The van der Waals surface area contributed by atoms with Crippen LogP contribution in [0.5, 0.6) is 11.5 Å². The van der Waals surface area contributed by atoms with Crippen molar-refractivity contribution in [3.63, 3.8) is 0 Å². The average molecular weight is 422 g/mol. The van der Waals surface area contributed by atoms with Gasteiger partial charge in [-0.25, -0.2) is 13.1 Å². The molecule has 1 aromatic heterocycles. The van der Waals surface area contributed by atoms with E-state index in [1.54, 1.807) is 0 Å². The van der Waals surface area contributed by atoms with Crippen LogP contribution in [-0.4, -0.2) is 54.2 Å². The molecule has 0 spiro atoms. The number of hydrogen-bond donors (Lipinski definition) is 1. The molecule has 29 heavy (non-hydrogen) atoms. The molecule has 0 bridgehead atoms. The zero-order valence-corrected chi connectivity index (χ0v) is 17.8. The zero-order valence-electron chi connectivity index (χ0n) is 17.0. The van der Waals surface area contributed by atoms with Gasteiger partial charge in [0.05, 0.1) is 12.3 Å². The lowest BCUT2D eigenvalue weighted by Crippen LogP contribution is -2.33. The molecule has 3 heterocycles. The van der Waals surface area contributed by atoms with Crippen molar-refractivity contribution in [2.75, 3.05) is 26.1 Å². The number of ether oxygens (including phenoxy) is 2. The Hall–Kier alpha value is -2.17. The van der Waals surface area contributed by atoms with E-state index in [9.17, 15) is 8.42 Å². The molecule has 0 unspecified atom stereocenters. The first kappa shape index (κ1) is 20.1. The fraction of sp³-hybridized carbons (Fsp3) is 0.579. The third kappa shape index (κ3) is 4.54. The number of sulfonamides is 1. The van der Waals surface area contributed by atoms with Crippen molar-refractivity contribution in [3.8, 4) is 11.5 Å². The van der Waals surface area contributed by atoms with Gasteiger partial charge in [-0.3, -0.25) is 4.90 Å². The van der Waals surface area contributed by atoms with E-state index in [2.05, 4.69) is 30.5 Å². The smallest absolute Gasteiger partial charge is 0.231 e. The minimum atomic E-state index is -3.35. The molecule has 2 aliphatic rings. The Morgan fingerprint density at radius 3 is 2.69 bits per heavy atom. The Morgan fingerprint density at radius 1 is 1.14 bits per heavy atom. The molecule has 1 atom stereocenters. The number of rotatable bonds is 6. The average Bonchev–Trinajstić information content (AvgIpc) is 3.22. The zero-order chi connectivity index (χ0) is 20.6. The molecule has 2 aliphatic heterocycles. The first-order valence-electron chi connectivity index (χ1n) is 9.80. The topological polar surface area (TPSA) is 98.6 Å². The lowest BCUT2D eigenvalue weighted by molar-refractivity contribution is 0.174. The van der Waals surface area contributed by atoms with Gasteiger partial charge in [0.2, 0.25) is 16.8 Å². The highest BCUT2D eigenvalue weighted by Crippen LogP contribution is 2.33. The number of aromatic nitrogens is 3. The second kappa shape index (κ2) is 7.92. The molecule has 2 aromatic rings. The van der Waals surface area contributed by atoms with Gasteiger partial charge in [-0.05, 0) is 23.6 Å². The molecule has 0 radical (unpaired) electrons. The third-order valence-corrected chi connectivity index (χ3v) is 5.96. The van der Waals surface area contributed by atoms with Crippen molar-refractivity contribution in [2.45, 2.75) is 39.4 Å². The monoisotopic (exact) mass is 421 g/mol. The summed E-state index contributed by atoms with van der Waals surface area (Å²) in [6.45, 7) is 7.45. The highest BCUT2D eigenvalue weighted by atomic mass is 32.2. The number of hydrogen-bond acceptors (Lipinski definition) is 7. The molecule has 158 valence electrons. The fourth-order valence-electron chi connectivity index (χ4n) is 3.79. The Morgan fingerprint density at radius 2 is 1.93 bits per heavy atom. The van der Waals surface area contributed by atoms with E-state index in [1.807, 2.05) is 26.0 Å². The Kier molecular flexibility index (Phi) is 5.50. The molecule has 0 amide bonds. The third-order valence-electron chi connectivity index (χ3n) is 5.28. The molecule has 0 aliphatic carbocycles. The number of fused-ring (bicyclic) bond motifs is 2. The molecule has 4 rings (SSSR count). The number of benzene rings is 1. The summed E-state index contributed by atoms with van der Waals surface area (Å²) in [4.78, 5) is 2.37. The molecular weight excluding hydrogens is 394 g/mol. The van der Waals surface area contributed by atoms with Crippen molar-refractivity contribution in [1.82, 2.24) is 24.4 Å². The summed E-state index contributed by atoms with van der Waals surface area (Å²) < 4.78 is 39.3. The van der Waals surface area contributed by atoms with Crippen LogP contribution in [0.25, 0.3) is 0 Å². The summed E-state index contributed by atoms with van der Waals surface area (Å²) >= 11 is 0. The maximum atomic E-state index is 11.8. The Bertz CT molecular complexity index is 988. The van der Waals surface area contributed by atoms with Gasteiger partial charge in [0, 0.05) is 32.6 Å². The molecule has 0 fully saturated rings.